The number of carbonyl (C=O) groups excluding carboxylic acids is 2. The van der Waals surface area contributed by atoms with Crippen molar-refractivity contribution in [2.75, 3.05) is 40.6 Å². The second-order valence-electron chi connectivity index (χ2n) is 2.84. The molecule has 0 aliphatic heterocycles. The average molecular weight is 298 g/mol. The molecule has 0 aliphatic carbocycles. The Morgan fingerprint density at radius 2 is 2.00 bits per heavy atom. The topological polar surface area (TPSA) is 73.9 Å². The molecule has 0 fully saturated rings. The van der Waals surface area contributed by atoms with E-state index < -0.39 is 10.8 Å². The van der Waals surface area contributed by atoms with Crippen molar-refractivity contribution in [3.05, 3.63) is 0 Å². The van der Waals surface area contributed by atoms with E-state index in [9.17, 15) is 9.59 Å². The molecule has 1 atom stereocenters. The van der Waals surface area contributed by atoms with Crippen LogP contribution < -0.4 is 5.32 Å². The SMILES string of the molecule is COCCOCC(=O)NCC(Br)C(=O)OC. The maximum Gasteiger partial charge on any atom is 0.321 e. The van der Waals surface area contributed by atoms with E-state index in [0.29, 0.717) is 13.2 Å². The monoisotopic (exact) mass is 297 g/mol. The van der Waals surface area contributed by atoms with Gasteiger partial charge in [-0.25, -0.2) is 0 Å². The Hall–Kier alpha value is -0.660. The Morgan fingerprint density at radius 1 is 1.31 bits per heavy atom. The summed E-state index contributed by atoms with van der Waals surface area (Å²) in [5.74, 6) is -0.718. The van der Waals surface area contributed by atoms with Crippen LogP contribution in [0.15, 0.2) is 0 Å². The zero-order valence-corrected chi connectivity index (χ0v) is 10.9. The van der Waals surface area contributed by atoms with Gasteiger partial charge in [0.1, 0.15) is 11.4 Å². The molecule has 0 bridgehead atoms. The Bertz CT molecular complexity index is 224. The van der Waals surface area contributed by atoms with Gasteiger partial charge in [0, 0.05) is 13.7 Å². The first-order chi connectivity index (χ1) is 7.61. The normalized spacial score (nSPS) is 11.9. The van der Waals surface area contributed by atoms with Gasteiger partial charge in [0.05, 0.1) is 20.3 Å². The molecule has 0 aromatic heterocycles. The lowest BCUT2D eigenvalue weighted by Gasteiger charge is -2.09. The molecule has 0 saturated heterocycles. The smallest absolute Gasteiger partial charge is 0.321 e. The van der Waals surface area contributed by atoms with Gasteiger partial charge in [-0.3, -0.25) is 9.59 Å². The Labute approximate surface area is 103 Å². The van der Waals surface area contributed by atoms with Gasteiger partial charge in [0.25, 0.3) is 0 Å². The second-order valence-corrected chi connectivity index (χ2v) is 3.95. The number of rotatable bonds is 8. The summed E-state index contributed by atoms with van der Waals surface area (Å²) in [6.45, 7) is 0.915. The number of nitrogens with one attached hydrogen (secondary N) is 1. The van der Waals surface area contributed by atoms with Gasteiger partial charge in [-0.2, -0.15) is 0 Å². The molecule has 0 saturated carbocycles. The molecule has 1 unspecified atom stereocenters. The molecule has 0 aliphatic rings. The second kappa shape index (κ2) is 9.56. The number of amides is 1. The molecule has 1 N–H and O–H groups in total. The summed E-state index contributed by atoms with van der Waals surface area (Å²) in [5, 5.41) is 2.52. The van der Waals surface area contributed by atoms with Crippen LogP contribution in [0.1, 0.15) is 0 Å². The van der Waals surface area contributed by atoms with Crippen LogP contribution in [0.3, 0.4) is 0 Å². The molecular weight excluding hydrogens is 282 g/mol. The van der Waals surface area contributed by atoms with Crippen LogP contribution in [0.4, 0.5) is 0 Å². The lowest BCUT2D eigenvalue weighted by Crippen LogP contribution is -2.36. The molecule has 16 heavy (non-hydrogen) atoms. The number of esters is 1. The zero-order chi connectivity index (χ0) is 12.4. The summed E-state index contributed by atoms with van der Waals surface area (Å²) >= 11 is 3.07. The first-order valence-electron chi connectivity index (χ1n) is 4.67. The van der Waals surface area contributed by atoms with E-state index in [0.717, 1.165) is 0 Å². The van der Waals surface area contributed by atoms with Crippen LogP contribution in [0.25, 0.3) is 0 Å². The summed E-state index contributed by atoms with van der Waals surface area (Å²) in [6.07, 6.45) is 0. The Morgan fingerprint density at radius 3 is 2.56 bits per heavy atom. The molecule has 0 aromatic carbocycles. The molecule has 1 amide bonds. The largest absolute Gasteiger partial charge is 0.468 e. The molecule has 94 valence electrons. The summed E-state index contributed by atoms with van der Waals surface area (Å²) in [6, 6.07) is 0. The van der Waals surface area contributed by atoms with Crippen molar-refractivity contribution in [1.82, 2.24) is 5.32 Å². The van der Waals surface area contributed by atoms with Crippen molar-refractivity contribution < 1.29 is 23.8 Å². The minimum absolute atomic E-state index is 0.0513. The first-order valence-corrected chi connectivity index (χ1v) is 5.58. The van der Waals surface area contributed by atoms with Crippen LogP contribution in [-0.2, 0) is 23.8 Å². The molecule has 6 nitrogen and oxygen atoms in total. The molecule has 0 aromatic rings. The lowest BCUT2D eigenvalue weighted by atomic mass is 10.4. The number of hydrogen-bond acceptors (Lipinski definition) is 5. The van der Waals surface area contributed by atoms with Crippen LogP contribution in [0.2, 0.25) is 0 Å². The predicted molar refractivity (Wildman–Crippen MR) is 60.4 cm³/mol. The molecule has 0 rings (SSSR count). The minimum atomic E-state index is -0.541. The number of alkyl halides is 1. The van der Waals surface area contributed by atoms with E-state index in [1.54, 1.807) is 7.11 Å². The highest BCUT2D eigenvalue weighted by Crippen LogP contribution is 1.99. The van der Waals surface area contributed by atoms with E-state index >= 15 is 0 Å². The van der Waals surface area contributed by atoms with E-state index in [-0.39, 0.29) is 19.1 Å². The highest BCUT2D eigenvalue weighted by atomic mass is 79.9. The summed E-state index contributed by atoms with van der Waals surface area (Å²) in [7, 11) is 2.83. The predicted octanol–water partition coefficient (Wildman–Crippen LogP) is -0.298. The highest BCUT2D eigenvalue weighted by molar-refractivity contribution is 9.10. The van der Waals surface area contributed by atoms with Gasteiger partial charge in [-0.15, -0.1) is 0 Å². The third kappa shape index (κ3) is 7.61. The van der Waals surface area contributed by atoms with Crippen LogP contribution >= 0.6 is 15.9 Å². The fraction of sp³-hybridized carbons (Fsp3) is 0.778. The van der Waals surface area contributed by atoms with Gasteiger partial charge in [0.15, 0.2) is 0 Å². The summed E-state index contributed by atoms with van der Waals surface area (Å²) in [5.41, 5.74) is 0. The fourth-order valence-corrected chi connectivity index (χ4v) is 1.12. The van der Waals surface area contributed by atoms with Gasteiger partial charge in [0.2, 0.25) is 5.91 Å². The molecule has 7 heteroatoms. The minimum Gasteiger partial charge on any atom is -0.468 e. The Kier molecular flexibility index (Phi) is 9.16. The van der Waals surface area contributed by atoms with Crippen molar-refractivity contribution >= 4 is 27.8 Å². The molecule has 0 radical (unpaired) electrons. The van der Waals surface area contributed by atoms with Crippen LogP contribution in [0.5, 0.6) is 0 Å². The van der Waals surface area contributed by atoms with E-state index in [2.05, 4.69) is 26.0 Å². The average Bonchev–Trinajstić information content (AvgIpc) is 2.30. The number of hydrogen-bond donors (Lipinski definition) is 1. The van der Waals surface area contributed by atoms with E-state index in [1.807, 2.05) is 0 Å². The van der Waals surface area contributed by atoms with Gasteiger partial charge < -0.3 is 19.5 Å². The zero-order valence-electron chi connectivity index (χ0n) is 9.32. The number of carbonyl (C=O) groups is 2. The van der Waals surface area contributed by atoms with Crippen molar-refractivity contribution in [1.29, 1.82) is 0 Å². The van der Waals surface area contributed by atoms with Crippen LogP contribution in [-0.4, -0.2) is 57.3 Å². The van der Waals surface area contributed by atoms with Gasteiger partial charge in [-0.1, -0.05) is 15.9 Å². The lowest BCUT2D eigenvalue weighted by molar-refractivity contribution is -0.139. The molecular formula is C9H16BrNO5. The summed E-state index contributed by atoms with van der Waals surface area (Å²) < 4.78 is 14.2. The standard InChI is InChI=1S/C9H16BrNO5/c1-14-3-4-16-6-8(12)11-5-7(10)9(13)15-2/h7H,3-6H2,1-2H3,(H,11,12). The van der Waals surface area contributed by atoms with Crippen molar-refractivity contribution in [3.8, 4) is 0 Å². The maximum atomic E-state index is 11.2. The first kappa shape index (κ1) is 15.3. The number of halogens is 1. The fourth-order valence-electron chi connectivity index (χ4n) is 0.773. The molecule has 0 spiro atoms. The highest BCUT2D eigenvalue weighted by Gasteiger charge is 2.15. The van der Waals surface area contributed by atoms with Crippen molar-refractivity contribution in [3.63, 3.8) is 0 Å². The van der Waals surface area contributed by atoms with E-state index in [1.165, 1.54) is 7.11 Å². The Balaban J connectivity index is 3.53. The quantitative estimate of drug-likeness (QED) is 0.378. The van der Waals surface area contributed by atoms with Crippen molar-refractivity contribution in [2.24, 2.45) is 0 Å². The maximum absolute atomic E-state index is 11.2. The third-order valence-electron chi connectivity index (χ3n) is 1.60. The third-order valence-corrected chi connectivity index (χ3v) is 2.30. The van der Waals surface area contributed by atoms with E-state index in [4.69, 9.17) is 9.47 Å². The number of ether oxygens (including phenoxy) is 3. The van der Waals surface area contributed by atoms with Gasteiger partial charge in [-0.05, 0) is 0 Å². The summed E-state index contributed by atoms with van der Waals surface area (Å²) in [4.78, 5) is 21.6. The van der Waals surface area contributed by atoms with Crippen molar-refractivity contribution in [2.45, 2.75) is 4.83 Å². The van der Waals surface area contributed by atoms with Gasteiger partial charge >= 0.3 is 5.97 Å². The number of methoxy groups -OCH3 is 2. The molecule has 0 heterocycles. The van der Waals surface area contributed by atoms with Crippen LogP contribution in [0, 0.1) is 0 Å².